The monoisotopic (exact) mass is 312 g/mol. The van der Waals surface area contributed by atoms with Crippen LogP contribution < -0.4 is 0 Å². The summed E-state index contributed by atoms with van der Waals surface area (Å²) >= 11 is 6.05. The van der Waals surface area contributed by atoms with Crippen LogP contribution in [0.2, 0.25) is 5.02 Å². The highest BCUT2D eigenvalue weighted by atomic mass is 35.5. The highest BCUT2D eigenvalue weighted by molar-refractivity contribution is 7.89. The fourth-order valence-corrected chi connectivity index (χ4v) is 5.17. The van der Waals surface area contributed by atoms with Crippen LogP contribution in [0.25, 0.3) is 0 Å². The SMILES string of the molecule is C[C@@H]1CCC[C@H](C)N1S(=O)(=O)c1ccc(C#N)cc1Cl. The molecule has 0 radical (unpaired) electrons. The summed E-state index contributed by atoms with van der Waals surface area (Å²) in [5.74, 6) is 0. The highest BCUT2D eigenvalue weighted by Gasteiger charge is 2.36. The normalized spacial score (nSPS) is 24.3. The van der Waals surface area contributed by atoms with Crippen molar-refractivity contribution in [1.82, 2.24) is 4.31 Å². The predicted octanol–water partition coefficient (Wildman–Crippen LogP) is 3.16. The van der Waals surface area contributed by atoms with Gasteiger partial charge in [0, 0.05) is 12.1 Å². The molecule has 0 bridgehead atoms. The van der Waals surface area contributed by atoms with Gasteiger partial charge in [-0.25, -0.2) is 8.42 Å². The second kappa shape index (κ2) is 5.72. The van der Waals surface area contributed by atoms with Gasteiger partial charge in [-0.15, -0.1) is 0 Å². The molecule has 1 aromatic rings. The quantitative estimate of drug-likeness (QED) is 0.842. The van der Waals surface area contributed by atoms with Gasteiger partial charge in [0.1, 0.15) is 4.90 Å². The average molecular weight is 313 g/mol. The number of nitrogens with zero attached hydrogens (tertiary/aromatic N) is 2. The van der Waals surface area contributed by atoms with E-state index in [2.05, 4.69) is 0 Å². The van der Waals surface area contributed by atoms with Crippen molar-refractivity contribution in [1.29, 1.82) is 5.26 Å². The first kappa shape index (κ1) is 15.3. The molecule has 4 nitrogen and oxygen atoms in total. The van der Waals surface area contributed by atoms with E-state index in [0.717, 1.165) is 19.3 Å². The number of halogens is 1. The number of sulfonamides is 1. The summed E-state index contributed by atoms with van der Waals surface area (Å²) in [5, 5.41) is 8.93. The second-order valence-corrected chi connectivity index (χ2v) is 7.44. The lowest BCUT2D eigenvalue weighted by molar-refractivity contribution is 0.204. The Kier molecular flexibility index (Phi) is 4.38. The molecule has 0 saturated carbocycles. The largest absolute Gasteiger partial charge is 0.245 e. The van der Waals surface area contributed by atoms with E-state index in [-0.39, 0.29) is 22.0 Å². The van der Waals surface area contributed by atoms with Crippen LogP contribution in [0.5, 0.6) is 0 Å². The number of nitriles is 1. The Morgan fingerprint density at radius 2 is 1.90 bits per heavy atom. The van der Waals surface area contributed by atoms with Crippen LogP contribution in [0.15, 0.2) is 23.1 Å². The van der Waals surface area contributed by atoms with Crippen LogP contribution in [-0.2, 0) is 10.0 Å². The summed E-state index contributed by atoms with van der Waals surface area (Å²) in [6.45, 7) is 3.84. The molecule has 0 unspecified atom stereocenters. The van der Waals surface area contributed by atoms with E-state index in [1.807, 2.05) is 19.9 Å². The molecule has 0 spiro atoms. The van der Waals surface area contributed by atoms with E-state index in [0.29, 0.717) is 5.56 Å². The molecule has 1 heterocycles. The van der Waals surface area contributed by atoms with Crippen molar-refractivity contribution in [2.75, 3.05) is 0 Å². The Labute approximate surface area is 125 Å². The molecule has 2 rings (SSSR count). The number of benzene rings is 1. The van der Waals surface area contributed by atoms with Gasteiger partial charge >= 0.3 is 0 Å². The first-order chi connectivity index (χ1) is 9.37. The molecule has 6 heteroatoms. The Morgan fingerprint density at radius 1 is 1.30 bits per heavy atom. The van der Waals surface area contributed by atoms with E-state index in [1.165, 1.54) is 18.2 Å². The Balaban J connectivity index is 2.47. The topological polar surface area (TPSA) is 61.2 Å². The summed E-state index contributed by atoms with van der Waals surface area (Å²) in [5.41, 5.74) is 0.355. The molecule has 20 heavy (non-hydrogen) atoms. The molecule has 1 aliphatic heterocycles. The van der Waals surface area contributed by atoms with E-state index in [1.54, 1.807) is 4.31 Å². The zero-order valence-corrected chi connectivity index (χ0v) is 13.1. The van der Waals surface area contributed by atoms with Crippen LogP contribution in [0.3, 0.4) is 0 Å². The number of hydrogen-bond donors (Lipinski definition) is 0. The van der Waals surface area contributed by atoms with Crippen molar-refractivity contribution in [3.05, 3.63) is 28.8 Å². The van der Waals surface area contributed by atoms with Gasteiger partial charge in [0.15, 0.2) is 0 Å². The molecule has 2 atom stereocenters. The minimum Gasteiger partial charge on any atom is -0.207 e. The minimum atomic E-state index is -3.62. The van der Waals surface area contributed by atoms with E-state index in [4.69, 9.17) is 16.9 Å². The molecule has 1 fully saturated rings. The van der Waals surface area contributed by atoms with Gasteiger partial charge < -0.3 is 0 Å². The molecule has 1 aliphatic rings. The van der Waals surface area contributed by atoms with Crippen molar-refractivity contribution in [2.45, 2.75) is 50.1 Å². The Morgan fingerprint density at radius 3 is 2.40 bits per heavy atom. The maximum absolute atomic E-state index is 12.8. The zero-order chi connectivity index (χ0) is 14.9. The summed E-state index contributed by atoms with van der Waals surface area (Å²) in [4.78, 5) is 0.0822. The van der Waals surface area contributed by atoms with Gasteiger partial charge in [-0.3, -0.25) is 0 Å². The zero-order valence-electron chi connectivity index (χ0n) is 11.5. The molecular weight excluding hydrogens is 296 g/mol. The molecule has 0 N–H and O–H groups in total. The lowest BCUT2D eigenvalue weighted by Crippen LogP contribution is -2.47. The highest BCUT2D eigenvalue weighted by Crippen LogP contribution is 2.32. The number of hydrogen-bond acceptors (Lipinski definition) is 3. The van der Waals surface area contributed by atoms with Crippen LogP contribution in [0, 0.1) is 11.3 Å². The third-order valence-corrected chi connectivity index (χ3v) is 6.34. The van der Waals surface area contributed by atoms with Gasteiger partial charge in [-0.1, -0.05) is 18.0 Å². The molecular formula is C14H17ClN2O2S. The fraction of sp³-hybridized carbons (Fsp3) is 0.500. The summed E-state index contributed by atoms with van der Waals surface area (Å²) in [7, 11) is -3.62. The van der Waals surface area contributed by atoms with Gasteiger partial charge in [-0.2, -0.15) is 9.57 Å². The second-order valence-electron chi connectivity index (χ2n) is 5.22. The van der Waals surface area contributed by atoms with Crippen LogP contribution >= 0.6 is 11.6 Å². The molecule has 1 aromatic carbocycles. The van der Waals surface area contributed by atoms with Crippen molar-refractivity contribution >= 4 is 21.6 Å². The van der Waals surface area contributed by atoms with E-state index in [9.17, 15) is 8.42 Å². The van der Waals surface area contributed by atoms with Gasteiger partial charge in [0.25, 0.3) is 0 Å². The van der Waals surface area contributed by atoms with Crippen molar-refractivity contribution < 1.29 is 8.42 Å². The maximum atomic E-state index is 12.8. The lowest BCUT2D eigenvalue weighted by Gasteiger charge is -2.37. The summed E-state index contributed by atoms with van der Waals surface area (Å²) in [6, 6.07) is 6.19. The molecule has 108 valence electrons. The molecule has 0 aromatic heterocycles. The first-order valence-electron chi connectivity index (χ1n) is 6.61. The summed E-state index contributed by atoms with van der Waals surface area (Å²) in [6.07, 6.45) is 2.75. The van der Waals surface area contributed by atoms with E-state index < -0.39 is 10.0 Å². The third kappa shape index (κ3) is 2.69. The lowest BCUT2D eigenvalue weighted by atomic mass is 10.0. The molecule has 1 saturated heterocycles. The standard InChI is InChI=1S/C14H17ClN2O2S/c1-10-4-3-5-11(2)17(10)20(18,19)14-7-6-12(9-16)8-13(14)15/h6-8,10-11H,3-5H2,1-2H3/t10-,11+. The minimum absolute atomic E-state index is 0.0320. The smallest absolute Gasteiger partial charge is 0.207 e. The van der Waals surface area contributed by atoms with Crippen molar-refractivity contribution in [3.8, 4) is 6.07 Å². The Hall–Kier alpha value is -1.09. The molecule has 0 aliphatic carbocycles. The third-order valence-electron chi connectivity index (χ3n) is 3.73. The van der Waals surface area contributed by atoms with Crippen LogP contribution in [0.4, 0.5) is 0 Å². The van der Waals surface area contributed by atoms with Crippen LogP contribution in [-0.4, -0.2) is 24.8 Å². The number of rotatable bonds is 2. The Bertz CT molecular complexity index is 642. The van der Waals surface area contributed by atoms with Crippen molar-refractivity contribution in [2.24, 2.45) is 0 Å². The fourth-order valence-electron chi connectivity index (χ4n) is 2.76. The number of piperidine rings is 1. The van der Waals surface area contributed by atoms with Gasteiger partial charge in [0.2, 0.25) is 10.0 Å². The predicted molar refractivity (Wildman–Crippen MR) is 78.0 cm³/mol. The van der Waals surface area contributed by atoms with E-state index >= 15 is 0 Å². The summed E-state index contributed by atoms with van der Waals surface area (Å²) < 4.78 is 27.1. The van der Waals surface area contributed by atoms with Gasteiger partial charge in [0.05, 0.1) is 16.7 Å². The van der Waals surface area contributed by atoms with Crippen molar-refractivity contribution in [3.63, 3.8) is 0 Å². The van der Waals surface area contributed by atoms with Gasteiger partial charge in [-0.05, 0) is 44.9 Å². The first-order valence-corrected chi connectivity index (χ1v) is 8.43. The average Bonchev–Trinajstić information content (AvgIpc) is 2.37. The van der Waals surface area contributed by atoms with Crippen LogP contribution in [0.1, 0.15) is 38.7 Å². The maximum Gasteiger partial charge on any atom is 0.245 e. The molecule has 0 amide bonds.